The van der Waals surface area contributed by atoms with E-state index in [1.54, 1.807) is 0 Å². The molecule has 0 aromatic rings. The van der Waals surface area contributed by atoms with Crippen LogP contribution >= 0.6 is 0 Å². The Morgan fingerprint density at radius 1 is 1.22 bits per heavy atom. The molecule has 1 fully saturated rings. The molecule has 0 aromatic heterocycles. The minimum Gasteiger partial charge on any atom is -0.330 e. The lowest BCUT2D eigenvalue weighted by Crippen LogP contribution is -2.27. The van der Waals surface area contributed by atoms with E-state index in [9.17, 15) is 0 Å². The summed E-state index contributed by atoms with van der Waals surface area (Å²) < 4.78 is 0. The molecule has 0 spiro atoms. The Balaban J connectivity index is 2.25. The lowest BCUT2D eigenvalue weighted by molar-refractivity contribution is 0.207. The molecule has 1 rings (SSSR count). The van der Waals surface area contributed by atoms with Gasteiger partial charge in [-0.25, -0.2) is 0 Å². The van der Waals surface area contributed by atoms with Gasteiger partial charge >= 0.3 is 0 Å². The maximum atomic E-state index is 5.67. The second kappa shape index (κ2) is 7.49. The van der Waals surface area contributed by atoms with Gasteiger partial charge in [0, 0.05) is 0 Å². The Morgan fingerprint density at radius 2 is 1.94 bits per heavy atom. The highest BCUT2D eigenvalue weighted by Gasteiger charge is 2.26. The summed E-state index contributed by atoms with van der Waals surface area (Å²) in [5.41, 5.74) is 6.16. The van der Waals surface area contributed by atoms with E-state index < -0.39 is 0 Å². The second-order valence-electron chi connectivity index (χ2n) is 7.32. The van der Waals surface area contributed by atoms with Gasteiger partial charge in [0.15, 0.2) is 0 Å². The second-order valence-corrected chi connectivity index (χ2v) is 7.32. The summed E-state index contributed by atoms with van der Waals surface area (Å²) in [5, 5.41) is 0. The van der Waals surface area contributed by atoms with E-state index >= 15 is 0 Å². The maximum absolute atomic E-state index is 5.67. The first-order valence-electron chi connectivity index (χ1n) is 7.86. The van der Waals surface area contributed by atoms with Gasteiger partial charge in [-0.05, 0) is 75.5 Å². The molecule has 0 aliphatic carbocycles. The summed E-state index contributed by atoms with van der Waals surface area (Å²) in [7, 11) is 0. The zero-order chi connectivity index (χ0) is 13.6. The first-order chi connectivity index (χ1) is 8.43. The average molecular weight is 254 g/mol. The third kappa shape index (κ3) is 5.71. The minimum atomic E-state index is 0.490. The van der Waals surface area contributed by atoms with Crippen LogP contribution < -0.4 is 5.73 Å². The number of rotatable bonds is 5. The van der Waals surface area contributed by atoms with Gasteiger partial charge in [0.1, 0.15) is 0 Å². The maximum Gasteiger partial charge on any atom is -0.00159 e. The van der Waals surface area contributed by atoms with Crippen LogP contribution in [0.2, 0.25) is 0 Å². The molecule has 18 heavy (non-hydrogen) atoms. The summed E-state index contributed by atoms with van der Waals surface area (Å²) in [6.07, 6.45) is 6.79. The van der Waals surface area contributed by atoms with Crippen molar-refractivity contribution in [2.45, 2.75) is 59.8 Å². The molecule has 2 heteroatoms. The van der Waals surface area contributed by atoms with Crippen molar-refractivity contribution in [1.82, 2.24) is 4.90 Å². The van der Waals surface area contributed by atoms with Crippen LogP contribution in [-0.4, -0.2) is 31.1 Å². The van der Waals surface area contributed by atoms with Crippen molar-refractivity contribution in [1.29, 1.82) is 0 Å². The standard InChI is InChI=1S/C16H34N2/c1-14(13-17)7-5-10-18-11-6-8-15(9-12-18)16(2,3)4/h14-15H,5-13,17H2,1-4H3. The predicted octanol–water partition coefficient (Wildman–Crippen LogP) is 3.51. The summed E-state index contributed by atoms with van der Waals surface area (Å²) in [6.45, 7) is 14.2. The highest BCUT2D eigenvalue weighted by Crippen LogP contribution is 2.34. The van der Waals surface area contributed by atoms with Crippen molar-refractivity contribution in [2.75, 3.05) is 26.2 Å². The third-order valence-electron chi connectivity index (χ3n) is 4.62. The van der Waals surface area contributed by atoms with Gasteiger partial charge in [-0.2, -0.15) is 0 Å². The fraction of sp³-hybridized carbons (Fsp3) is 1.00. The van der Waals surface area contributed by atoms with Crippen molar-refractivity contribution in [3.8, 4) is 0 Å². The lowest BCUT2D eigenvalue weighted by atomic mass is 9.77. The van der Waals surface area contributed by atoms with Crippen molar-refractivity contribution >= 4 is 0 Å². The Kier molecular flexibility index (Phi) is 6.65. The fourth-order valence-corrected chi connectivity index (χ4v) is 3.03. The highest BCUT2D eigenvalue weighted by atomic mass is 15.1. The van der Waals surface area contributed by atoms with Crippen molar-refractivity contribution in [3.05, 3.63) is 0 Å². The Labute approximate surface area is 114 Å². The van der Waals surface area contributed by atoms with E-state index in [4.69, 9.17) is 5.73 Å². The van der Waals surface area contributed by atoms with Gasteiger partial charge in [0.2, 0.25) is 0 Å². The van der Waals surface area contributed by atoms with Gasteiger partial charge in [0.25, 0.3) is 0 Å². The van der Waals surface area contributed by atoms with Crippen LogP contribution in [0.5, 0.6) is 0 Å². The van der Waals surface area contributed by atoms with Gasteiger partial charge in [-0.1, -0.05) is 27.7 Å². The monoisotopic (exact) mass is 254 g/mol. The first-order valence-corrected chi connectivity index (χ1v) is 7.86. The third-order valence-corrected chi connectivity index (χ3v) is 4.62. The molecule has 2 N–H and O–H groups in total. The van der Waals surface area contributed by atoms with E-state index in [0.717, 1.165) is 12.5 Å². The Morgan fingerprint density at radius 3 is 2.56 bits per heavy atom. The van der Waals surface area contributed by atoms with Gasteiger partial charge in [0.05, 0.1) is 0 Å². The summed E-state index contributed by atoms with van der Waals surface area (Å²) in [5.74, 6) is 1.60. The Bertz CT molecular complexity index is 220. The molecule has 108 valence electrons. The molecule has 2 nitrogen and oxygen atoms in total. The topological polar surface area (TPSA) is 29.3 Å². The van der Waals surface area contributed by atoms with Crippen LogP contribution in [0.4, 0.5) is 0 Å². The smallest absolute Gasteiger partial charge is 0.00159 e. The number of nitrogens with zero attached hydrogens (tertiary/aromatic N) is 1. The quantitative estimate of drug-likeness (QED) is 0.813. The zero-order valence-electron chi connectivity index (χ0n) is 13.0. The van der Waals surface area contributed by atoms with Gasteiger partial charge < -0.3 is 10.6 Å². The molecular formula is C16H34N2. The molecule has 1 aliphatic heterocycles. The molecule has 2 atom stereocenters. The van der Waals surface area contributed by atoms with E-state index in [-0.39, 0.29) is 0 Å². The molecule has 1 saturated heterocycles. The van der Waals surface area contributed by atoms with Crippen LogP contribution in [0.25, 0.3) is 0 Å². The predicted molar refractivity (Wildman–Crippen MR) is 80.7 cm³/mol. The summed E-state index contributed by atoms with van der Waals surface area (Å²) in [6, 6.07) is 0. The number of nitrogens with two attached hydrogens (primary N) is 1. The van der Waals surface area contributed by atoms with E-state index in [1.807, 2.05) is 0 Å². The highest BCUT2D eigenvalue weighted by molar-refractivity contribution is 4.78. The summed E-state index contributed by atoms with van der Waals surface area (Å²) >= 11 is 0. The SMILES string of the molecule is CC(CN)CCCN1CCCC(C(C)(C)C)CC1. The van der Waals surface area contributed by atoms with Crippen LogP contribution in [0.1, 0.15) is 59.8 Å². The summed E-state index contributed by atoms with van der Waals surface area (Å²) in [4.78, 5) is 2.68. The van der Waals surface area contributed by atoms with Crippen molar-refractivity contribution in [3.63, 3.8) is 0 Å². The minimum absolute atomic E-state index is 0.490. The number of hydrogen-bond acceptors (Lipinski definition) is 2. The van der Waals surface area contributed by atoms with Gasteiger partial charge in [-0.15, -0.1) is 0 Å². The number of hydrogen-bond donors (Lipinski definition) is 1. The number of likely N-dealkylation sites (tertiary alicyclic amines) is 1. The van der Waals surface area contributed by atoms with Crippen LogP contribution in [0.3, 0.4) is 0 Å². The zero-order valence-corrected chi connectivity index (χ0v) is 13.0. The van der Waals surface area contributed by atoms with Gasteiger partial charge in [-0.3, -0.25) is 0 Å². The fourth-order valence-electron chi connectivity index (χ4n) is 3.03. The van der Waals surface area contributed by atoms with E-state index in [2.05, 4.69) is 32.6 Å². The van der Waals surface area contributed by atoms with Crippen LogP contribution in [-0.2, 0) is 0 Å². The largest absolute Gasteiger partial charge is 0.330 e. The lowest BCUT2D eigenvalue weighted by Gasteiger charge is -2.29. The average Bonchev–Trinajstić information content (AvgIpc) is 2.53. The first kappa shape index (κ1) is 16.0. The molecule has 0 aromatic carbocycles. The molecule has 0 amide bonds. The van der Waals surface area contributed by atoms with Crippen molar-refractivity contribution in [2.24, 2.45) is 23.0 Å². The van der Waals surface area contributed by atoms with Crippen molar-refractivity contribution < 1.29 is 0 Å². The van der Waals surface area contributed by atoms with E-state index in [0.29, 0.717) is 11.3 Å². The molecule has 0 radical (unpaired) electrons. The molecule has 1 heterocycles. The molecule has 0 saturated carbocycles. The van der Waals surface area contributed by atoms with Crippen LogP contribution in [0.15, 0.2) is 0 Å². The van der Waals surface area contributed by atoms with Crippen LogP contribution in [0, 0.1) is 17.3 Å². The van der Waals surface area contributed by atoms with E-state index in [1.165, 1.54) is 51.7 Å². The molecular weight excluding hydrogens is 220 g/mol. The molecule has 2 unspecified atom stereocenters. The Hall–Kier alpha value is -0.0800. The normalized spacial score (nSPS) is 24.8. The molecule has 1 aliphatic rings. The molecule has 0 bridgehead atoms.